The third kappa shape index (κ3) is 3.22. The molecule has 1 saturated heterocycles. The number of nitrogens with zero attached hydrogens (tertiary/aromatic N) is 1. The summed E-state index contributed by atoms with van der Waals surface area (Å²) < 4.78 is 13.3. The van der Waals surface area contributed by atoms with Crippen molar-refractivity contribution in [1.29, 1.82) is 0 Å². The van der Waals surface area contributed by atoms with Gasteiger partial charge in [0, 0.05) is 25.3 Å². The SMILES string of the molecule is O=C(CCN1CCSC1=O)Nc1ccccc1F. The maximum atomic E-state index is 13.3. The van der Waals surface area contributed by atoms with Crippen molar-refractivity contribution in [1.82, 2.24) is 4.90 Å². The molecular formula is C12H13FN2O2S. The van der Waals surface area contributed by atoms with Gasteiger partial charge in [0.25, 0.3) is 5.24 Å². The predicted molar refractivity (Wildman–Crippen MR) is 69.1 cm³/mol. The lowest BCUT2D eigenvalue weighted by Crippen LogP contribution is -2.27. The van der Waals surface area contributed by atoms with E-state index in [4.69, 9.17) is 0 Å². The van der Waals surface area contributed by atoms with Crippen molar-refractivity contribution in [3.63, 3.8) is 0 Å². The topological polar surface area (TPSA) is 49.4 Å². The molecule has 1 fully saturated rings. The largest absolute Gasteiger partial charge is 0.332 e. The average molecular weight is 268 g/mol. The van der Waals surface area contributed by atoms with E-state index in [0.717, 1.165) is 5.75 Å². The number of benzene rings is 1. The lowest BCUT2D eigenvalue weighted by molar-refractivity contribution is -0.116. The second kappa shape index (κ2) is 5.86. The van der Waals surface area contributed by atoms with E-state index in [2.05, 4.69) is 5.32 Å². The summed E-state index contributed by atoms with van der Waals surface area (Å²) in [5.41, 5.74) is 0.171. The smallest absolute Gasteiger partial charge is 0.281 e. The molecule has 0 aliphatic carbocycles. The van der Waals surface area contributed by atoms with Crippen LogP contribution in [0.5, 0.6) is 0 Å². The molecule has 0 bridgehead atoms. The zero-order valence-corrected chi connectivity index (χ0v) is 10.5. The lowest BCUT2D eigenvalue weighted by atomic mass is 10.3. The Morgan fingerprint density at radius 3 is 2.89 bits per heavy atom. The summed E-state index contributed by atoms with van der Waals surface area (Å²) in [5, 5.41) is 2.50. The summed E-state index contributed by atoms with van der Waals surface area (Å²) in [7, 11) is 0. The van der Waals surface area contributed by atoms with Gasteiger partial charge in [0.05, 0.1) is 5.69 Å². The van der Waals surface area contributed by atoms with Gasteiger partial charge in [-0.05, 0) is 12.1 Å². The number of thioether (sulfide) groups is 1. The Hall–Kier alpha value is -1.56. The highest BCUT2D eigenvalue weighted by Crippen LogP contribution is 2.17. The van der Waals surface area contributed by atoms with Gasteiger partial charge in [-0.3, -0.25) is 9.59 Å². The molecule has 0 spiro atoms. The van der Waals surface area contributed by atoms with Gasteiger partial charge in [-0.15, -0.1) is 0 Å². The Bertz CT molecular complexity index is 467. The first-order chi connectivity index (χ1) is 8.66. The number of hydrogen-bond acceptors (Lipinski definition) is 3. The summed E-state index contributed by atoms with van der Waals surface area (Å²) in [6.07, 6.45) is 0.181. The normalized spacial score (nSPS) is 14.9. The molecule has 18 heavy (non-hydrogen) atoms. The van der Waals surface area contributed by atoms with Crippen LogP contribution in [0.25, 0.3) is 0 Å². The number of halogens is 1. The summed E-state index contributed by atoms with van der Waals surface area (Å²) in [6, 6.07) is 6.00. The minimum absolute atomic E-state index is 0.00805. The van der Waals surface area contributed by atoms with Crippen molar-refractivity contribution in [2.75, 3.05) is 24.2 Å². The second-order valence-corrected chi connectivity index (χ2v) is 4.93. The second-order valence-electron chi connectivity index (χ2n) is 3.88. The predicted octanol–water partition coefficient (Wildman–Crippen LogP) is 2.32. The molecule has 0 radical (unpaired) electrons. The number of carbonyl (C=O) groups is 2. The van der Waals surface area contributed by atoms with Crippen molar-refractivity contribution in [2.45, 2.75) is 6.42 Å². The van der Waals surface area contributed by atoms with Crippen LogP contribution in [0.4, 0.5) is 14.9 Å². The molecule has 1 aromatic carbocycles. The molecule has 1 heterocycles. The van der Waals surface area contributed by atoms with Crippen LogP contribution >= 0.6 is 11.8 Å². The van der Waals surface area contributed by atoms with Gasteiger partial charge in [0.1, 0.15) is 5.82 Å². The standard InChI is InChI=1S/C12H13FN2O2S/c13-9-3-1-2-4-10(9)14-11(16)5-6-15-7-8-18-12(15)17/h1-4H,5-8H2,(H,14,16). The van der Waals surface area contributed by atoms with Crippen LogP contribution in [0.15, 0.2) is 24.3 Å². The molecule has 96 valence electrons. The summed E-state index contributed by atoms with van der Waals surface area (Å²) >= 11 is 1.26. The van der Waals surface area contributed by atoms with Gasteiger partial charge in [-0.25, -0.2) is 4.39 Å². The van der Waals surface area contributed by atoms with Crippen molar-refractivity contribution < 1.29 is 14.0 Å². The number of carbonyl (C=O) groups excluding carboxylic acids is 2. The fourth-order valence-electron chi connectivity index (χ4n) is 1.64. The number of para-hydroxylation sites is 1. The van der Waals surface area contributed by atoms with E-state index >= 15 is 0 Å². The fourth-order valence-corrected chi connectivity index (χ4v) is 2.49. The fraction of sp³-hybridized carbons (Fsp3) is 0.333. The van der Waals surface area contributed by atoms with Crippen LogP contribution in [0.1, 0.15) is 6.42 Å². The Morgan fingerprint density at radius 2 is 2.22 bits per heavy atom. The minimum atomic E-state index is -0.460. The van der Waals surface area contributed by atoms with Crippen molar-refractivity contribution >= 4 is 28.6 Å². The van der Waals surface area contributed by atoms with E-state index in [9.17, 15) is 14.0 Å². The first-order valence-corrected chi connectivity index (χ1v) is 6.61. The molecule has 1 aromatic rings. The van der Waals surface area contributed by atoms with Gasteiger partial charge in [-0.2, -0.15) is 0 Å². The van der Waals surface area contributed by atoms with Gasteiger partial charge >= 0.3 is 0 Å². The molecule has 0 unspecified atom stereocenters. The third-order valence-electron chi connectivity index (χ3n) is 2.60. The Morgan fingerprint density at radius 1 is 1.44 bits per heavy atom. The van der Waals surface area contributed by atoms with Crippen LogP contribution in [0.3, 0.4) is 0 Å². The molecule has 0 saturated carbocycles. The zero-order chi connectivity index (χ0) is 13.0. The quantitative estimate of drug-likeness (QED) is 0.911. The Labute approximate surface area is 109 Å². The average Bonchev–Trinajstić information content (AvgIpc) is 2.75. The van der Waals surface area contributed by atoms with E-state index in [-0.39, 0.29) is 23.3 Å². The van der Waals surface area contributed by atoms with Gasteiger partial charge < -0.3 is 10.2 Å². The molecule has 2 rings (SSSR count). The molecule has 0 atom stereocenters. The van der Waals surface area contributed by atoms with Gasteiger partial charge in [-0.1, -0.05) is 23.9 Å². The number of hydrogen-bond donors (Lipinski definition) is 1. The number of anilines is 1. The molecule has 0 aromatic heterocycles. The van der Waals surface area contributed by atoms with Crippen LogP contribution in [0.2, 0.25) is 0 Å². The number of nitrogens with one attached hydrogen (secondary N) is 1. The highest BCUT2D eigenvalue weighted by Gasteiger charge is 2.21. The maximum absolute atomic E-state index is 13.3. The van der Waals surface area contributed by atoms with Crippen LogP contribution in [-0.2, 0) is 4.79 Å². The van der Waals surface area contributed by atoms with Crippen LogP contribution in [0, 0.1) is 5.82 Å². The molecular weight excluding hydrogens is 255 g/mol. The number of rotatable bonds is 4. The van der Waals surface area contributed by atoms with Crippen LogP contribution < -0.4 is 5.32 Å². The molecule has 1 N–H and O–H groups in total. The van der Waals surface area contributed by atoms with E-state index < -0.39 is 5.82 Å². The van der Waals surface area contributed by atoms with Crippen LogP contribution in [-0.4, -0.2) is 34.9 Å². The van der Waals surface area contributed by atoms with E-state index in [0.29, 0.717) is 13.1 Å². The van der Waals surface area contributed by atoms with E-state index in [1.165, 1.54) is 23.9 Å². The van der Waals surface area contributed by atoms with Gasteiger partial charge in [0.2, 0.25) is 5.91 Å². The summed E-state index contributed by atoms with van der Waals surface area (Å²) in [5.74, 6) is 0.0248. The van der Waals surface area contributed by atoms with E-state index in [1.807, 2.05) is 0 Å². The van der Waals surface area contributed by atoms with Crippen molar-refractivity contribution in [2.24, 2.45) is 0 Å². The highest BCUT2D eigenvalue weighted by molar-refractivity contribution is 8.13. The monoisotopic (exact) mass is 268 g/mol. The third-order valence-corrected chi connectivity index (χ3v) is 3.49. The highest BCUT2D eigenvalue weighted by atomic mass is 32.2. The summed E-state index contributed by atoms with van der Waals surface area (Å²) in [4.78, 5) is 24.5. The van der Waals surface area contributed by atoms with Gasteiger partial charge in [0.15, 0.2) is 0 Å². The van der Waals surface area contributed by atoms with Crippen molar-refractivity contribution in [3.05, 3.63) is 30.1 Å². The Balaban J connectivity index is 1.82. The van der Waals surface area contributed by atoms with Crippen molar-refractivity contribution in [3.8, 4) is 0 Å². The zero-order valence-electron chi connectivity index (χ0n) is 9.69. The summed E-state index contributed by atoms with van der Waals surface area (Å²) in [6.45, 7) is 1.06. The molecule has 1 aliphatic heterocycles. The molecule has 6 heteroatoms. The molecule has 2 amide bonds. The first-order valence-electron chi connectivity index (χ1n) is 5.63. The van der Waals surface area contributed by atoms with E-state index in [1.54, 1.807) is 17.0 Å². The lowest BCUT2D eigenvalue weighted by Gasteiger charge is -2.14. The molecule has 4 nitrogen and oxygen atoms in total. The first kappa shape index (κ1) is 12.9. The Kier molecular flexibility index (Phi) is 4.19. The minimum Gasteiger partial charge on any atom is -0.332 e. The number of amides is 2. The molecule has 1 aliphatic rings. The maximum Gasteiger partial charge on any atom is 0.281 e.